The molecule has 0 heterocycles. The zero-order valence-electron chi connectivity index (χ0n) is 15.2. The Bertz CT molecular complexity index is 865. The first-order valence-corrected chi connectivity index (χ1v) is 8.21. The molecule has 142 valence electrons. The molecule has 0 unspecified atom stereocenters. The van der Waals surface area contributed by atoms with E-state index in [0.717, 1.165) is 11.1 Å². The Morgan fingerprint density at radius 1 is 1.19 bits per heavy atom. The van der Waals surface area contributed by atoms with Crippen LogP contribution in [0.25, 0.3) is 0 Å². The molecule has 0 bridgehead atoms. The van der Waals surface area contributed by atoms with E-state index in [-0.39, 0.29) is 18.0 Å². The Balaban J connectivity index is 1.90. The van der Waals surface area contributed by atoms with Crippen LogP contribution in [-0.4, -0.2) is 29.5 Å². The van der Waals surface area contributed by atoms with Gasteiger partial charge in [-0.1, -0.05) is 29.8 Å². The molecule has 0 saturated heterocycles. The van der Waals surface area contributed by atoms with Crippen LogP contribution >= 0.6 is 0 Å². The Hall–Kier alpha value is -3.42. The third-order valence-corrected chi connectivity index (χ3v) is 3.71. The van der Waals surface area contributed by atoms with Gasteiger partial charge in [0, 0.05) is 6.07 Å². The van der Waals surface area contributed by atoms with E-state index < -0.39 is 22.9 Å². The van der Waals surface area contributed by atoms with Crippen molar-refractivity contribution >= 4 is 23.3 Å². The van der Waals surface area contributed by atoms with Crippen LogP contribution in [0.2, 0.25) is 0 Å². The number of anilines is 1. The number of carbonyl (C=O) groups excluding carboxylic acids is 2. The maximum absolute atomic E-state index is 12.1. The van der Waals surface area contributed by atoms with Crippen LogP contribution < -0.4 is 10.1 Å². The number of amides is 1. The number of ether oxygens (including phenoxy) is 2. The lowest BCUT2D eigenvalue weighted by Gasteiger charge is -2.14. The van der Waals surface area contributed by atoms with Crippen LogP contribution in [0.4, 0.5) is 11.4 Å². The van der Waals surface area contributed by atoms with Crippen molar-refractivity contribution in [2.24, 2.45) is 0 Å². The fourth-order valence-electron chi connectivity index (χ4n) is 2.36. The summed E-state index contributed by atoms with van der Waals surface area (Å²) in [6.45, 7) is 4.82. The van der Waals surface area contributed by atoms with Gasteiger partial charge in [-0.25, -0.2) is 4.79 Å². The zero-order chi connectivity index (χ0) is 20.0. The van der Waals surface area contributed by atoms with Crippen molar-refractivity contribution in [2.75, 3.05) is 11.9 Å². The Morgan fingerprint density at radius 2 is 1.89 bits per heavy atom. The third-order valence-electron chi connectivity index (χ3n) is 3.71. The number of hydrogen-bond acceptors (Lipinski definition) is 6. The summed E-state index contributed by atoms with van der Waals surface area (Å²) in [6, 6.07) is 11.2. The van der Waals surface area contributed by atoms with E-state index in [2.05, 4.69) is 5.32 Å². The lowest BCUT2D eigenvalue weighted by atomic mass is 10.1. The Morgan fingerprint density at radius 3 is 2.56 bits per heavy atom. The normalized spacial score (nSPS) is 11.4. The van der Waals surface area contributed by atoms with Crippen molar-refractivity contribution in [3.8, 4) is 5.75 Å². The SMILES string of the molecule is Cc1ccc(OCC(=O)O[C@H](C)C(=O)Nc2ccccc2[N+](=O)[O-])c(C)c1. The predicted octanol–water partition coefficient (Wildman–Crippen LogP) is 3.16. The van der Waals surface area contributed by atoms with E-state index in [0.29, 0.717) is 5.75 Å². The summed E-state index contributed by atoms with van der Waals surface area (Å²) in [5, 5.41) is 13.4. The highest BCUT2D eigenvalue weighted by atomic mass is 16.6. The fraction of sp³-hybridized carbons (Fsp3) is 0.263. The van der Waals surface area contributed by atoms with Gasteiger partial charge < -0.3 is 14.8 Å². The minimum Gasteiger partial charge on any atom is -0.482 e. The highest BCUT2D eigenvalue weighted by Gasteiger charge is 2.21. The lowest BCUT2D eigenvalue weighted by Crippen LogP contribution is -2.31. The van der Waals surface area contributed by atoms with Crippen molar-refractivity contribution in [1.82, 2.24) is 0 Å². The predicted molar refractivity (Wildman–Crippen MR) is 98.7 cm³/mol. The van der Waals surface area contributed by atoms with Gasteiger partial charge in [0.2, 0.25) is 0 Å². The van der Waals surface area contributed by atoms with Gasteiger partial charge in [-0.2, -0.15) is 0 Å². The smallest absolute Gasteiger partial charge is 0.344 e. The number of benzene rings is 2. The van der Waals surface area contributed by atoms with Gasteiger partial charge in [-0.3, -0.25) is 14.9 Å². The standard InChI is InChI=1S/C19H20N2O6/c1-12-8-9-17(13(2)10-12)26-11-18(22)27-14(3)19(23)20-15-6-4-5-7-16(15)21(24)25/h4-10,14H,11H2,1-3H3,(H,20,23)/t14-/m1/s1. The second-order valence-electron chi connectivity index (χ2n) is 5.95. The van der Waals surface area contributed by atoms with Gasteiger partial charge in [-0.15, -0.1) is 0 Å². The van der Waals surface area contributed by atoms with Gasteiger partial charge in [0.15, 0.2) is 12.7 Å². The van der Waals surface area contributed by atoms with Crippen LogP contribution in [-0.2, 0) is 14.3 Å². The van der Waals surface area contributed by atoms with Gasteiger partial charge in [0.25, 0.3) is 11.6 Å². The first kappa shape index (κ1) is 19.9. The van der Waals surface area contributed by atoms with Gasteiger partial charge in [0.05, 0.1) is 4.92 Å². The van der Waals surface area contributed by atoms with Crippen molar-refractivity contribution in [3.63, 3.8) is 0 Å². The average Bonchev–Trinajstić information content (AvgIpc) is 2.61. The van der Waals surface area contributed by atoms with Gasteiger partial charge >= 0.3 is 5.97 Å². The minimum atomic E-state index is -1.14. The van der Waals surface area contributed by atoms with Crippen molar-refractivity contribution in [1.29, 1.82) is 0 Å². The van der Waals surface area contributed by atoms with Crippen molar-refractivity contribution < 1.29 is 24.0 Å². The number of para-hydroxylation sites is 2. The second-order valence-corrected chi connectivity index (χ2v) is 5.95. The van der Waals surface area contributed by atoms with E-state index in [1.807, 2.05) is 26.0 Å². The quantitative estimate of drug-likeness (QED) is 0.454. The molecule has 2 aromatic carbocycles. The summed E-state index contributed by atoms with van der Waals surface area (Å²) in [5.41, 5.74) is 1.73. The fourth-order valence-corrected chi connectivity index (χ4v) is 2.36. The third kappa shape index (κ3) is 5.53. The van der Waals surface area contributed by atoms with E-state index in [9.17, 15) is 19.7 Å². The molecule has 8 nitrogen and oxygen atoms in total. The molecule has 2 rings (SSSR count). The monoisotopic (exact) mass is 372 g/mol. The van der Waals surface area contributed by atoms with E-state index in [1.165, 1.54) is 25.1 Å². The second kappa shape index (κ2) is 8.79. The first-order valence-electron chi connectivity index (χ1n) is 8.21. The number of nitro benzene ring substituents is 1. The van der Waals surface area contributed by atoms with Crippen LogP contribution in [0.5, 0.6) is 5.75 Å². The highest BCUT2D eigenvalue weighted by molar-refractivity contribution is 5.96. The molecule has 1 amide bonds. The molecule has 0 radical (unpaired) electrons. The molecule has 27 heavy (non-hydrogen) atoms. The Labute approximate surface area is 156 Å². The Kier molecular flexibility index (Phi) is 6.48. The number of rotatable bonds is 7. The van der Waals surface area contributed by atoms with Crippen LogP contribution in [0.3, 0.4) is 0 Å². The van der Waals surface area contributed by atoms with E-state index >= 15 is 0 Å². The average molecular weight is 372 g/mol. The molecule has 1 N–H and O–H groups in total. The molecular weight excluding hydrogens is 352 g/mol. The highest BCUT2D eigenvalue weighted by Crippen LogP contribution is 2.23. The van der Waals surface area contributed by atoms with Gasteiger partial charge in [0.1, 0.15) is 11.4 Å². The molecule has 0 aliphatic heterocycles. The largest absolute Gasteiger partial charge is 0.482 e. The van der Waals surface area contributed by atoms with E-state index in [1.54, 1.807) is 12.1 Å². The number of nitrogens with zero attached hydrogens (tertiary/aromatic N) is 1. The minimum absolute atomic E-state index is 0.0296. The molecule has 1 atom stereocenters. The van der Waals surface area contributed by atoms with Crippen LogP contribution in [0.1, 0.15) is 18.1 Å². The maximum Gasteiger partial charge on any atom is 0.344 e. The van der Waals surface area contributed by atoms with Crippen molar-refractivity contribution in [3.05, 3.63) is 63.7 Å². The van der Waals surface area contributed by atoms with Gasteiger partial charge in [-0.05, 0) is 38.5 Å². The molecule has 0 aliphatic rings. The molecule has 0 aromatic heterocycles. The number of nitro groups is 1. The first-order chi connectivity index (χ1) is 12.8. The summed E-state index contributed by atoms with van der Waals surface area (Å²) in [4.78, 5) is 34.4. The topological polar surface area (TPSA) is 108 Å². The molecular formula is C19H20N2O6. The molecule has 0 spiro atoms. The number of carbonyl (C=O) groups is 2. The molecule has 0 saturated carbocycles. The number of esters is 1. The lowest BCUT2D eigenvalue weighted by molar-refractivity contribution is -0.383. The molecule has 0 aliphatic carbocycles. The molecule has 2 aromatic rings. The summed E-state index contributed by atoms with van der Waals surface area (Å²) < 4.78 is 10.4. The number of nitrogens with one attached hydrogen (secondary N) is 1. The van der Waals surface area contributed by atoms with Crippen molar-refractivity contribution in [2.45, 2.75) is 26.9 Å². The molecule has 8 heteroatoms. The van der Waals surface area contributed by atoms with Crippen LogP contribution in [0.15, 0.2) is 42.5 Å². The summed E-state index contributed by atoms with van der Waals surface area (Å²) in [5.74, 6) is -0.848. The number of hydrogen-bond donors (Lipinski definition) is 1. The summed E-state index contributed by atoms with van der Waals surface area (Å²) >= 11 is 0. The number of aryl methyl sites for hydroxylation is 2. The molecule has 0 fully saturated rings. The van der Waals surface area contributed by atoms with E-state index in [4.69, 9.17) is 9.47 Å². The summed E-state index contributed by atoms with van der Waals surface area (Å²) in [6.07, 6.45) is -1.14. The zero-order valence-corrected chi connectivity index (χ0v) is 15.2. The summed E-state index contributed by atoms with van der Waals surface area (Å²) in [7, 11) is 0. The maximum atomic E-state index is 12.1. The van der Waals surface area contributed by atoms with Crippen LogP contribution in [0, 0.1) is 24.0 Å².